The summed E-state index contributed by atoms with van der Waals surface area (Å²) in [6.07, 6.45) is 3.26. The molecule has 1 aromatic rings. The van der Waals surface area contributed by atoms with Crippen LogP contribution in [0, 0.1) is 13.8 Å². The highest BCUT2D eigenvalue weighted by atomic mass is 16.4. The topological polar surface area (TPSA) is 95.9 Å². The summed E-state index contributed by atoms with van der Waals surface area (Å²) in [7, 11) is 0. The molecule has 0 saturated heterocycles. The molecule has 0 heterocycles. The minimum Gasteiger partial charge on any atom is -0.478 e. The molecule has 0 bridgehead atoms. The van der Waals surface area contributed by atoms with Gasteiger partial charge in [-0.2, -0.15) is 0 Å². The average molecular weight is 248 g/mol. The van der Waals surface area contributed by atoms with Crippen LogP contribution in [0.25, 0.3) is 0 Å². The molecule has 5 nitrogen and oxygen atoms in total. The van der Waals surface area contributed by atoms with E-state index in [0.717, 1.165) is 22.8 Å². The first-order chi connectivity index (χ1) is 8.45. The Labute approximate surface area is 105 Å². The van der Waals surface area contributed by atoms with Gasteiger partial charge in [0.2, 0.25) is 0 Å². The summed E-state index contributed by atoms with van der Waals surface area (Å²) in [4.78, 5) is 10.4. The predicted octanol–water partition coefficient (Wildman–Crippen LogP) is 1.58. The predicted molar refractivity (Wildman–Crippen MR) is 68.9 cm³/mol. The third-order valence-electron chi connectivity index (χ3n) is 2.68. The Morgan fingerprint density at radius 3 is 2.39 bits per heavy atom. The van der Waals surface area contributed by atoms with E-state index in [4.69, 9.17) is 16.0 Å². The van der Waals surface area contributed by atoms with Gasteiger partial charge in [0.25, 0.3) is 0 Å². The van der Waals surface area contributed by atoms with Crippen LogP contribution in [0.3, 0.4) is 0 Å². The molecule has 0 aliphatic carbocycles. The quantitative estimate of drug-likeness (QED) is 0.248. The Bertz CT molecular complexity index is 496. The smallest absolute Gasteiger partial charge is 0.327 e. The number of carboxylic acid groups (broad SMARTS) is 1. The molecule has 0 amide bonds. The van der Waals surface area contributed by atoms with Crippen LogP contribution in [0.2, 0.25) is 0 Å². The SMILES string of the molecule is Cc1cc(/C(N)=N/O)cc(C)c1CC=CC(=O)O. The zero-order valence-electron chi connectivity index (χ0n) is 10.3. The molecule has 0 aromatic heterocycles. The Morgan fingerprint density at radius 1 is 1.39 bits per heavy atom. The largest absolute Gasteiger partial charge is 0.478 e. The highest BCUT2D eigenvalue weighted by molar-refractivity contribution is 5.97. The van der Waals surface area contributed by atoms with Gasteiger partial charge in [-0.3, -0.25) is 0 Å². The lowest BCUT2D eigenvalue weighted by atomic mass is 9.96. The standard InChI is InChI=1S/C13H16N2O3/c1-8-6-10(13(14)15-18)7-9(2)11(8)4-3-5-12(16)17/h3,5-7,18H,4H2,1-2H3,(H2,14,15)(H,16,17). The molecule has 0 aliphatic heterocycles. The summed E-state index contributed by atoms with van der Waals surface area (Å²) in [6, 6.07) is 3.62. The van der Waals surface area contributed by atoms with Crippen molar-refractivity contribution in [3.05, 3.63) is 46.5 Å². The zero-order chi connectivity index (χ0) is 13.7. The number of allylic oxidation sites excluding steroid dienone is 1. The van der Waals surface area contributed by atoms with Crippen molar-refractivity contribution >= 4 is 11.8 Å². The number of aryl methyl sites for hydroxylation is 2. The average Bonchev–Trinajstić information content (AvgIpc) is 2.31. The van der Waals surface area contributed by atoms with Crippen LogP contribution in [0.1, 0.15) is 22.3 Å². The van der Waals surface area contributed by atoms with Gasteiger partial charge in [0.05, 0.1) is 0 Å². The maximum absolute atomic E-state index is 10.4. The molecule has 4 N–H and O–H groups in total. The maximum Gasteiger partial charge on any atom is 0.327 e. The fraction of sp³-hybridized carbons (Fsp3) is 0.231. The lowest BCUT2D eigenvalue weighted by molar-refractivity contribution is -0.131. The van der Waals surface area contributed by atoms with E-state index in [1.54, 1.807) is 6.08 Å². The van der Waals surface area contributed by atoms with Gasteiger partial charge in [-0.25, -0.2) is 4.79 Å². The highest BCUT2D eigenvalue weighted by Gasteiger charge is 2.06. The monoisotopic (exact) mass is 248 g/mol. The number of rotatable bonds is 4. The first-order valence-corrected chi connectivity index (χ1v) is 5.43. The molecule has 1 rings (SSSR count). The molecule has 18 heavy (non-hydrogen) atoms. The fourth-order valence-electron chi connectivity index (χ4n) is 1.80. The van der Waals surface area contributed by atoms with Crippen LogP contribution < -0.4 is 5.73 Å². The van der Waals surface area contributed by atoms with Crippen molar-refractivity contribution in [3.63, 3.8) is 0 Å². The van der Waals surface area contributed by atoms with Crippen molar-refractivity contribution in [2.45, 2.75) is 20.3 Å². The zero-order valence-corrected chi connectivity index (χ0v) is 10.3. The van der Waals surface area contributed by atoms with E-state index < -0.39 is 5.97 Å². The second-order valence-electron chi connectivity index (χ2n) is 4.02. The number of carboxylic acids is 1. The fourth-order valence-corrected chi connectivity index (χ4v) is 1.80. The third kappa shape index (κ3) is 3.35. The van der Waals surface area contributed by atoms with E-state index in [9.17, 15) is 4.79 Å². The van der Waals surface area contributed by atoms with E-state index in [1.165, 1.54) is 0 Å². The third-order valence-corrected chi connectivity index (χ3v) is 2.68. The van der Waals surface area contributed by atoms with Crippen LogP contribution in [0.15, 0.2) is 29.4 Å². The molecule has 0 spiro atoms. The molecule has 96 valence electrons. The molecule has 1 aromatic carbocycles. The van der Waals surface area contributed by atoms with Crippen molar-refractivity contribution < 1.29 is 15.1 Å². The normalized spacial score (nSPS) is 12.0. The van der Waals surface area contributed by atoms with Crippen LogP contribution in [-0.4, -0.2) is 22.1 Å². The van der Waals surface area contributed by atoms with Crippen molar-refractivity contribution in [1.82, 2.24) is 0 Å². The van der Waals surface area contributed by atoms with Gasteiger partial charge in [-0.05, 0) is 49.1 Å². The van der Waals surface area contributed by atoms with Gasteiger partial charge >= 0.3 is 5.97 Å². The number of carbonyl (C=O) groups is 1. The molecular weight excluding hydrogens is 232 g/mol. The molecule has 0 saturated carbocycles. The van der Waals surface area contributed by atoms with E-state index in [2.05, 4.69) is 5.16 Å². The van der Waals surface area contributed by atoms with E-state index in [1.807, 2.05) is 26.0 Å². The number of nitrogens with zero attached hydrogens (tertiary/aromatic N) is 1. The number of oxime groups is 1. The molecule has 0 atom stereocenters. The van der Waals surface area contributed by atoms with Gasteiger partial charge in [-0.1, -0.05) is 11.2 Å². The first kappa shape index (κ1) is 13.8. The summed E-state index contributed by atoms with van der Waals surface area (Å²) < 4.78 is 0. The molecule has 0 aliphatic rings. The van der Waals surface area contributed by atoms with Crippen molar-refractivity contribution in [1.29, 1.82) is 0 Å². The minimum atomic E-state index is -0.960. The highest BCUT2D eigenvalue weighted by Crippen LogP contribution is 2.17. The van der Waals surface area contributed by atoms with E-state index in [0.29, 0.717) is 12.0 Å². The Balaban J connectivity index is 3.05. The van der Waals surface area contributed by atoms with Gasteiger partial charge in [0.15, 0.2) is 5.84 Å². The number of amidine groups is 1. The number of benzene rings is 1. The number of aliphatic carboxylic acids is 1. The summed E-state index contributed by atoms with van der Waals surface area (Å²) in [5, 5.41) is 20.1. The van der Waals surface area contributed by atoms with Crippen LogP contribution in [0.5, 0.6) is 0 Å². The van der Waals surface area contributed by atoms with Crippen LogP contribution >= 0.6 is 0 Å². The van der Waals surface area contributed by atoms with E-state index in [-0.39, 0.29) is 5.84 Å². The van der Waals surface area contributed by atoms with Crippen LogP contribution in [0.4, 0.5) is 0 Å². The summed E-state index contributed by atoms with van der Waals surface area (Å²) in [5.41, 5.74) is 9.18. The number of hydrogen-bond acceptors (Lipinski definition) is 3. The van der Waals surface area contributed by atoms with E-state index >= 15 is 0 Å². The molecular formula is C13H16N2O3. The van der Waals surface area contributed by atoms with Crippen molar-refractivity contribution in [2.24, 2.45) is 10.9 Å². The summed E-state index contributed by atoms with van der Waals surface area (Å²) in [5.74, 6) is -0.896. The number of nitrogens with two attached hydrogens (primary N) is 1. The Hall–Kier alpha value is -2.30. The second kappa shape index (κ2) is 5.86. The maximum atomic E-state index is 10.4. The number of hydrogen-bond donors (Lipinski definition) is 3. The van der Waals surface area contributed by atoms with Gasteiger partial charge in [0, 0.05) is 11.6 Å². The lowest BCUT2D eigenvalue weighted by Gasteiger charge is -2.10. The molecule has 0 unspecified atom stereocenters. The lowest BCUT2D eigenvalue weighted by Crippen LogP contribution is -2.14. The molecule has 0 fully saturated rings. The van der Waals surface area contributed by atoms with Crippen LogP contribution in [-0.2, 0) is 11.2 Å². The van der Waals surface area contributed by atoms with Gasteiger partial charge in [0.1, 0.15) is 0 Å². The first-order valence-electron chi connectivity index (χ1n) is 5.43. The molecule has 5 heteroatoms. The molecule has 0 radical (unpaired) electrons. The Morgan fingerprint density at radius 2 is 1.94 bits per heavy atom. The van der Waals surface area contributed by atoms with Crippen molar-refractivity contribution in [2.75, 3.05) is 0 Å². The van der Waals surface area contributed by atoms with Gasteiger partial charge < -0.3 is 16.0 Å². The summed E-state index contributed by atoms with van der Waals surface area (Å²) >= 11 is 0. The minimum absolute atomic E-state index is 0.0637. The van der Waals surface area contributed by atoms with Gasteiger partial charge in [-0.15, -0.1) is 0 Å². The summed E-state index contributed by atoms with van der Waals surface area (Å²) in [6.45, 7) is 3.82. The van der Waals surface area contributed by atoms with Crippen molar-refractivity contribution in [3.8, 4) is 0 Å². The Kier molecular flexibility index (Phi) is 4.48. The second-order valence-corrected chi connectivity index (χ2v) is 4.02.